The third kappa shape index (κ3) is 2.56. The molecule has 4 nitrogen and oxygen atoms in total. The molecule has 20 heavy (non-hydrogen) atoms. The zero-order valence-electron chi connectivity index (χ0n) is 11.5. The van der Waals surface area contributed by atoms with Crippen LogP contribution in [0.25, 0.3) is 0 Å². The van der Waals surface area contributed by atoms with Crippen LogP contribution in [0.5, 0.6) is 0 Å². The summed E-state index contributed by atoms with van der Waals surface area (Å²) >= 11 is 3.43. The number of fused-ring (bicyclic) bond motifs is 1. The van der Waals surface area contributed by atoms with Gasteiger partial charge in [-0.3, -0.25) is 4.79 Å². The molecule has 2 N–H and O–H groups in total. The van der Waals surface area contributed by atoms with Crippen molar-refractivity contribution in [1.82, 2.24) is 10.2 Å². The van der Waals surface area contributed by atoms with E-state index in [0.717, 1.165) is 61.2 Å². The summed E-state index contributed by atoms with van der Waals surface area (Å²) in [6.45, 7) is 3.61. The van der Waals surface area contributed by atoms with Crippen molar-refractivity contribution in [3.63, 3.8) is 0 Å². The van der Waals surface area contributed by atoms with Crippen molar-refractivity contribution in [2.24, 2.45) is 0 Å². The van der Waals surface area contributed by atoms with Gasteiger partial charge < -0.3 is 15.5 Å². The lowest BCUT2D eigenvalue weighted by atomic mass is 10.1. The summed E-state index contributed by atoms with van der Waals surface area (Å²) in [5, 5.41) is 7.69. The summed E-state index contributed by atoms with van der Waals surface area (Å²) in [4.78, 5) is 14.6. The minimum atomic E-state index is 0.191. The fourth-order valence-corrected chi connectivity index (χ4v) is 3.29. The first kappa shape index (κ1) is 13.9. The highest BCUT2D eigenvalue weighted by Crippen LogP contribution is 2.31. The van der Waals surface area contributed by atoms with Gasteiger partial charge in [-0.15, -0.1) is 0 Å². The minimum Gasteiger partial charge on any atom is -0.384 e. The number of anilines is 1. The van der Waals surface area contributed by atoms with Crippen LogP contribution in [0, 0.1) is 0 Å². The highest BCUT2D eigenvalue weighted by molar-refractivity contribution is 9.09. The molecule has 2 aliphatic rings. The number of amides is 1. The summed E-state index contributed by atoms with van der Waals surface area (Å²) in [7, 11) is 0. The summed E-state index contributed by atoms with van der Waals surface area (Å²) in [5.41, 5.74) is 3.13. The molecule has 0 aliphatic carbocycles. The second-order valence-electron chi connectivity index (χ2n) is 5.38. The molecule has 108 valence electrons. The normalized spacial score (nSPS) is 21.9. The van der Waals surface area contributed by atoms with Crippen LogP contribution in [-0.2, 0) is 6.54 Å². The van der Waals surface area contributed by atoms with E-state index in [1.165, 1.54) is 0 Å². The average Bonchev–Trinajstić information content (AvgIpc) is 2.84. The molecule has 0 saturated carbocycles. The van der Waals surface area contributed by atoms with Gasteiger partial charge in [-0.05, 0) is 31.5 Å². The van der Waals surface area contributed by atoms with E-state index in [1.54, 1.807) is 0 Å². The molecule has 2 aliphatic heterocycles. The van der Waals surface area contributed by atoms with E-state index < -0.39 is 0 Å². The maximum Gasteiger partial charge on any atom is 0.254 e. The van der Waals surface area contributed by atoms with Crippen molar-refractivity contribution >= 4 is 27.5 Å². The highest BCUT2D eigenvalue weighted by Gasteiger charge is 2.34. The lowest BCUT2D eigenvalue weighted by Gasteiger charge is -2.31. The smallest absolute Gasteiger partial charge is 0.254 e. The summed E-state index contributed by atoms with van der Waals surface area (Å²) < 4.78 is 0. The Morgan fingerprint density at radius 2 is 2.35 bits per heavy atom. The molecule has 1 fully saturated rings. The number of alkyl halides is 1. The van der Waals surface area contributed by atoms with Crippen LogP contribution in [-0.4, -0.2) is 41.8 Å². The Labute approximate surface area is 128 Å². The van der Waals surface area contributed by atoms with Gasteiger partial charge in [-0.1, -0.05) is 22.0 Å². The highest BCUT2D eigenvalue weighted by atomic mass is 79.9. The topological polar surface area (TPSA) is 44.4 Å². The number of halogens is 1. The van der Waals surface area contributed by atoms with Crippen molar-refractivity contribution in [2.45, 2.75) is 25.4 Å². The van der Waals surface area contributed by atoms with Crippen molar-refractivity contribution in [1.29, 1.82) is 0 Å². The lowest BCUT2D eigenvalue weighted by Crippen LogP contribution is -2.46. The fraction of sp³-hybridized carbons (Fsp3) is 0.533. The summed E-state index contributed by atoms with van der Waals surface area (Å²) in [6, 6.07) is 6.33. The third-order valence-electron chi connectivity index (χ3n) is 4.12. The van der Waals surface area contributed by atoms with Crippen molar-refractivity contribution in [3.05, 3.63) is 29.3 Å². The molecule has 0 spiro atoms. The van der Waals surface area contributed by atoms with Crippen LogP contribution < -0.4 is 10.6 Å². The Morgan fingerprint density at radius 3 is 3.10 bits per heavy atom. The van der Waals surface area contributed by atoms with Gasteiger partial charge in [0.2, 0.25) is 0 Å². The number of nitrogens with zero attached hydrogens (tertiary/aromatic N) is 1. The van der Waals surface area contributed by atoms with E-state index >= 15 is 0 Å². The molecule has 0 radical (unpaired) electrons. The number of piperidine rings is 1. The third-order valence-corrected chi connectivity index (χ3v) is 4.51. The SMILES string of the molecule is O=C1c2cccc(NCCBr)c2CN1C1CCCNC1. The largest absolute Gasteiger partial charge is 0.384 e. The number of carbonyl (C=O) groups excluding carboxylic acids is 1. The number of carbonyl (C=O) groups is 1. The zero-order chi connectivity index (χ0) is 13.9. The monoisotopic (exact) mass is 337 g/mol. The molecule has 1 aromatic rings. The Hall–Kier alpha value is -1.07. The predicted molar refractivity (Wildman–Crippen MR) is 84.5 cm³/mol. The fourth-order valence-electron chi connectivity index (χ4n) is 3.10. The lowest BCUT2D eigenvalue weighted by molar-refractivity contribution is 0.0675. The van der Waals surface area contributed by atoms with Crippen LogP contribution in [0.2, 0.25) is 0 Å². The minimum absolute atomic E-state index is 0.191. The van der Waals surface area contributed by atoms with E-state index in [4.69, 9.17) is 0 Å². The van der Waals surface area contributed by atoms with Gasteiger partial charge in [0.25, 0.3) is 5.91 Å². The van der Waals surface area contributed by atoms with Gasteiger partial charge in [-0.2, -0.15) is 0 Å². The van der Waals surface area contributed by atoms with Crippen LogP contribution in [0.15, 0.2) is 18.2 Å². The number of hydrogen-bond donors (Lipinski definition) is 2. The molecule has 1 saturated heterocycles. The Morgan fingerprint density at radius 1 is 1.45 bits per heavy atom. The maximum absolute atomic E-state index is 12.6. The van der Waals surface area contributed by atoms with Crippen LogP contribution in [0.1, 0.15) is 28.8 Å². The second kappa shape index (κ2) is 6.14. The maximum atomic E-state index is 12.6. The van der Waals surface area contributed by atoms with Gasteiger partial charge in [0.15, 0.2) is 0 Å². The summed E-state index contributed by atoms with van der Waals surface area (Å²) in [6.07, 6.45) is 2.26. The Kier molecular flexibility index (Phi) is 4.27. The van der Waals surface area contributed by atoms with E-state index in [0.29, 0.717) is 6.04 Å². The first-order valence-electron chi connectivity index (χ1n) is 7.24. The van der Waals surface area contributed by atoms with Gasteiger partial charge in [-0.25, -0.2) is 0 Å². The van der Waals surface area contributed by atoms with Crippen molar-refractivity contribution in [2.75, 3.05) is 30.3 Å². The van der Waals surface area contributed by atoms with Gasteiger partial charge >= 0.3 is 0 Å². The molecule has 1 amide bonds. The van der Waals surface area contributed by atoms with Gasteiger partial charge in [0, 0.05) is 47.8 Å². The summed E-state index contributed by atoms with van der Waals surface area (Å²) in [5.74, 6) is 0.191. The van der Waals surface area contributed by atoms with Gasteiger partial charge in [0.05, 0.1) is 0 Å². The number of rotatable bonds is 4. The molecule has 3 rings (SSSR count). The quantitative estimate of drug-likeness (QED) is 0.828. The second-order valence-corrected chi connectivity index (χ2v) is 6.17. The zero-order valence-corrected chi connectivity index (χ0v) is 13.1. The molecule has 1 atom stereocenters. The molecule has 2 heterocycles. The molecule has 1 unspecified atom stereocenters. The van der Waals surface area contributed by atoms with Gasteiger partial charge in [0.1, 0.15) is 0 Å². The molecular weight excluding hydrogens is 318 g/mol. The van der Waals surface area contributed by atoms with E-state index in [9.17, 15) is 4.79 Å². The van der Waals surface area contributed by atoms with Crippen LogP contribution in [0.3, 0.4) is 0 Å². The molecule has 5 heteroatoms. The Bertz CT molecular complexity index is 500. The molecular formula is C15H20BrN3O. The molecule has 0 bridgehead atoms. The van der Waals surface area contributed by atoms with E-state index in [2.05, 4.69) is 32.6 Å². The van der Waals surface area contributed by atoms with E-state index in [1.807, 2.05) is 17.0 Å². The Balaban J connectivity index is 1.81. The van der Waals surface area contributed by atoms with Crippen LogP contribution >= 0.6 is 15.9 Å². The van der Waals surface area contributed by atoms with E-state index in [-0.39, 0.29) is 5.91 Å². The number of benzene rings is 1. The molecule has 1 aromatic carbocycles. The number of hydrogen-bond acceptors (Lipinski definition) is 3. The average molecular weight is 338 g/mol. The van der Waals surface area contributed by atoms with Crippen molar-refractivity contribution < 1.29 is 4.79 Å². The first-order chi connectivity index (χ1) is 9.81. The molecule has 0 aromatic heterocycles. The van der Waals surface area contributed by atoms with Crippen LogP contribution in [0.4, 0.5) is 5.69 Å². The van der Waals surface area contributed by atoms with Crippen molar-refractivity contribution in [3.8, 4) is 0 Å². The number of nitrogens with one attached hydrogen (secondary N) is 2. The standard InChI is InChI=1S/C15H20BrN3O/c16-6-8-18-14-5-1-4-12-13(14)10-19(15(12)20)11-3-2-7-17-9-11/h1,4-5,11,17-18H,2-3,6-10H2. The predicted octanol–water partition coefficient (Wildman–Crippen LogP) is 2.20. The first-order valence-corrected chi connectivity index (χ1v) is 8.37.